The first-order valence-corrected chi connectivity index (χ1v) is 14.4. The average Bonchev–Trinajstić information content (AvgIpc) is 2.84. The van der Waals surface area contributed by atoms with E-state index in [0.29, 0.717) is 11.5 Å². The Bertz CT molecular complexity index is 1190. The minimum atomic E-state index is -4.02. The van der Waals surface area contributed by atoms with Crippen LogP contribution in [-0.4, -0.2) is 44.6 Å². The third kappa shape index (κ3) is 6.45. The molecule has 8 nitrogen and oxygen atoms in total. The predicted octanol–water partition coefficient (Wildman–Crippen LogP) is 5.17. The summed E-state index contributed by atoms with van der Waals surface area (Å²) in [4.78, 5) is 11.4. The van der Waals surface area contributed by atoms with Crippen molar-refractivity contribution in [1.82, 2.24) is 5.32 Å². The smallest absolute Gasteiger partial charge is 0.457 e. The molecule has 3 aliphatic rings. The molecule has 2 N–H and O–H groups in total. The normalized spacial score (nSPS) is 24.1. The molecule has 1 saturated carbocycles. The Morgan fingerprint density at radius 1 is 1.14 bits per heavy atom. The van der Waals surface area contributed by atoms with Crippen LogP contribution in [0.1, 0.15) is 62.6 Å². The Hall–Kier alpha value is -2.62. The van der Waals surface area contributed by atoms with Crippen LogP contribution < -0.4 is 10.1 Å². The molecule has 2 aromatic carbocycles. The van der Waals surface area contributed by atoms with Crippen molar-refractivity contribution in [2.24, 2.45) is 5.92 Å². The van der Waals surface area contributed by atoms with Gasteiger partial charge in [0.15, 0.2) is 0 Å². The highest BCUT2D eigenvalue weighted by molar-refractivity contribution is 7.85. The van der Waals surface area contributed by atoms with Gasteiger partial charge in [0.05, 0.1) is 11.0 Å². The lowest BCUT2D eigenvalue weighted by Gasteiger charge is -2.56. The van der Waals surface area contributed by atoms with E-state index in [1.807, 2.05) is 13.0 Å². The maximum absolute atomic E-state index is 11.5. The molecule has 0 amide bonds. The topological polar surface area (TPSA) is 111 Å². The molecule has 37 heavy (non-hydrogen) atoms. The van der Waals surface area contributed by atoms with Crippen molar-refractivity contribution in [3.05, 3.63) is 59.2 Å². The second kappa shape index (κ2) is 11.4. The third-order valence-corrected chi connectivity index (χ3v) is 8.54. The highest BCUT2D eigenvalue weighted by atomic mass is 32.2. The van der Waals surface area contributed by atoms with Gasteiger partial charge in [-0.2, -0.15) is 8.42 Å². The van der Waals surface area contributed by atoms with Crippen LogP contribution >= 0.6 is 0 Å². The van der Waals surface area contributed by atoms with Gasteiger partial charge in [-0.3, -0.25) is 4.55 Å². The molecule has 3 atom stereocenters. The fraction of sp³-hybridized carbons (Fsp3) is 0.536. The van der Waals surface area contributed by atoms with Gasteiger partial charge in [-0.05, 0) is 94.3 Å². The van der Waals surface area contributed by atoms with Crippen LogP contribution in [0.2, 0.25) is 0 Å². The minimum Gasteiger partial charge on any atom is -0.457 e. The monoisotopic (exact) mass is 531 g/mol. The van der Waals surface area contributed by atoms with Crippen LogP contribution in [-0.2, 0) is 31.4 Å². The molecule has 202 valence electrons. The van der Waals surface area contributed by atoms with E-state index in [2.05, 4.69) is 17.4 Å². The highest BCUT2D eigenvalue weighted by Crippen LogP contribution is 2.54. The van der Waals surface area contributed by atoms with Gasteiger partial charge in [-0.25, -0.2) is 4.79 Å². The van der Waals surface area contributed by atoms with E-state index in [1.54, 1.807) is 26.0 Å². The first-order valence-electron chi connectivity index (χ1n) is 13.0. The van der Waals surface area contributed by atoms with Crippen molar-refractivity contribution in [1.29, 1.82) is 0 Å². The van der Waals surface area contributed by atoms with Gasteiger partial charge in [-0.15, -0.1) is 0 Å². The summed E-state index contributed by atoms with van der Waals surface area (Å²) in [7, 11) is -4.02. The summed E-state index contributed by atoms with van der Waals surface area (Å²) in [6, 6.07) is 13.0. The Balaban J connectivity index is 0.000000245. The van der Waals surface area contributed by atoms with Gasteiger partial charge in [-0.1, -0.05) is 36.6 Å². The number of benzene rings is 2. The molecule has 1 aliphatic heterocycles. The number of fused-ring (bicyclic) bond motifs is 1. The number of hydrogen-bond donors (Lipinski definition) is 2. The van der Waals surface area contributed by atoms with Crippen LogP contribution in [0.5, 0.6) is 5.75 Å². The molecule has 2 aromatic rings. The van der Waals surface area contributed by atoms with E-state index in [9.17, 15) is 13.2 Å². The number of nitrogens with one attached hydrogen (secondary N) is 1. The fourth-order valence-electron chi connectivity index (χ4n) is 6.08. The predicted molar refractivity (Wildman–Crippen MR) is 139 cm³/mol. The van der Waals surface area contributed by atoms with Crippen LogP contribution in [0.15, 0.2) is 47.4 Å². The second-order valence-electron chi connectivity index (χ2n) is 10.5. The van der Waals surface area contributed by atoms with Gasteiger partial charge in [0.1, 0.15) is 5.75 Å². The maximum atomic E-state index is 11.5. The van der Waals surface area contributed by atoms with Crippen molar-refractivity contribution >= 4 is 16.3 Å². The standard InChI is InChI=1S/C21H29NO4.C7H8O3S/c1-14(2)26-20(23)25-13-24-16-7-6-15-11-19-17-5-3-4-8-21(17,9-10-22-19)18(15)12-16;1-6-2-4-7(5-3-6)11(8,9)10/h6-7,12,14,17,19,22H,3-5,8-11,13H2,1-2H3;2-5H,1H3,(H,8,9,10)/t17-,19+,21+;/m0./s1. The van der Waals surface area contributed by atoms with Crippen molar-refractivity contribution in [2.75, 3.05) is 13.3 Å². The van der Waals surface area contributed by atoms with Crippen LogP contribution in [0.3, 0.4) is 0 Å². The van der Waals surface area contributed by atoms with Gasteiger partial charge in [0, 0.05) is 11.5 Å². The van der Waals surface area contributed by atoms with Crippen molar-refractivity contribution in [3.63, 3.8) is 0 Å². The zero-order valence-electron chi connectivity index (χ0n) is 21.7. The lowest BCUT2D eigenvalue weighted by molar-refractivity contribution is -0.00835. The molecule has 0 radical (unpaired) electrons. The third-order valence-electron chi connectivity index (χ3n) is 7.67. The van der Waals surface area contributed by atoms with Crippen molar-refractivity contribution in [3.8, 4) is 5.75 Å². The summed E-state index contributed by atoms with van der Waals surface area (Å²) in [5.74, 6) is 1.52. The van der Waals surface area contributed by atoms with Crippen LogP contribution in [0.25, 0.3) is 0 Å². The zero-order valence-corrected chi connectivity index (χ0v) is 22.6. The molecule has 9 heteroatoms. The van der Waals surface area contributed by atoms with E-state index < -0.39 is 16.3 Å². The Morgan fingerprint density at radius 2 is 1.89 bits per heavy atom. The first kappa shape index (κ1) is 27.4. The largest absolute Gasteiger partial charge is 0.511 e. The highest BCUT2D eigenvalue weighted by Gasteiger charge is 2.51. The lowest BCUT2D eigenvalue weighted by atomic mass is 9.53. The molecule has 0 spiro atoms. The number of piperidine rings is 1. The zero-order chi connectivity index (χ0) is 26.6. The van der Waals surface area contributed by atoms with E-state index in [4.69, 9.17) is 18.8 Å². The van der Waals surface area contributed by atoms with Crippen LogP contribution in [0.4, 0.5) is 4.79 Å². The molecule has 1 saturated heterocycles. The van der Waals surface area contributed by atoms with Gasteiger partial charge in [0.2, 0.25) is 6.79 Å². The molecule has 1 heterocycles. The van der Waals surface area contributed by atoms with E-state index in [0.717, 1.165) is 30.2 Å². The van der Waals surface area contributed by atoms with Crippen molar-refractivity contribution in [2.45, 2.75) is 81.8 Å². The summed E-state index contributed by atoms with van der Waals surface area (Å²) in [6.45, 7) is 6.41. The summed E-state index contributed by atoms with van der Waals surface area (Å²) in [5, 5.41) is 3.76. The molecule has 2 fully saturated rings. The quantitative estimate of drug-likeness (QED) is 0.309. The Kier molecular flexibility index (Phi) is 8.46. The molecule has 5 rings (SSSR count). The van der Waals surface area contributed by atoms with E-state index in [-0.39, 0.29) is 17.8 Å². The number of rotatable bonds is 5. The number of hydrogen-bond acceptors (Lipinski definition) is 7. The van der Waals surface area contributed by atoms with E-state index >= 15 is 0 Å². The number of carbonyl (C=O) groups excluding carboxylic acids is 1. The lowest BCUT2D eigenvalue weighted by Crippen LogP contribution is -2.59. The maximum Gasteiger partial charge on any atom is 0.511 e. The Labute approximate surface area is 219 Å². The summed E-state index contributed by atoms with van der Waals surface area (Å²) < 4.78 is 45.2. The average molecular weight is 532 g/mol. The molecular weight excluding hydrogens is 494 g/mol. The number of aryl methyl sites for hydroxylation is 1. The molecule has 0 unspecified atom stereocenters. The Morgan fingerprint density at radius 3 is 2.59 bits per heavy atom. The SMILES string of the molecule is CC(C)OC(=O)OCOc1ccc2c(c1)[C@@]13CCCC[C@H]1[C@@H](C2)NCC3.Cc1ccc(S(=O)(=O)O)cc1. The van der Waals surface area contributed by atoms with Crippen LogP contribution in [0, 0.1) is 12.8 Å². The van der Waals surface area contributed by atoms with Gasteiger partial charge < -0.3 is 19.5 Å². The first-order chi connectivity index (χ1) is 17.6. The second-order valence-corrected chi connectivity index (χ2v) is 11.9. The van der Waals surface area contributed by atoms with E-state index in [1.165, 1.54) is 55.4 Å². The molecular formula is C28H37NO7S. The molecule has 2 bridgehead atoms. The summed E-state index contributed by atoms with van der Waals surface area (Å²) in [5.41, 5.74) is 4.19. The molecule has 0 aromatic heterocycles. The summed E-state index contributed by atoms with van der Waals surface area (Å²) >= 11 is 0. The molecule has 2 aliphatic carbocycles. The van der Waals surface area contributed by atoms with Crippen molar-refractivity contribution < 1.29 is 32.0 Å². The fourth-order valence-corrected chi connectivity index (χ4v) is 6.56. The minimum absolute atomic E-state index is 0.0666. The van der Waals surface area contributed by atoms with Gasteiger partial charge >= 0.3 is 6.16 Å². The number of ether oxygens (including phenoxy) is 3. The summed E-state index contributed by atoms with van der Waals surface area (Å²) in [6.07, 6.45) is 6.71. The van der Waals surface area contributed by atoms with Gasteiger partial charge in [0.25, 0.3) is 10.1 Å². The number of carbonyl (C=O) groups is 1.